The van der Waals surface area contributed by atoms with Crippen molar-refractivity contribution in [3.63, 3.8) is 0 Å². The van der Waals surface area contributed by atoms with E-state index in [4.69, 9.17) is 23.2 Å². The van der Waals surface area contributed by atoms with Crippen molar-refractivity contribution in [2.24, 2.45) is 0 Å². The van der Waals surface area contributed by atoms with Crippen LogP contribution in [0.15, 0.2) is 69.8 Å². The summed E-state index contributed by atoms with van der Waals surface area (Å²) in [6, 6.07) is 14.3. The summed E-state index contributed by atoms with van der Waals surface area (Å²) in [5.74, 6) is 0. The van der Waals surface area contributed by atoms with Gasteiger partial charge in [0.15, 0.2) is 0 Å². The van der Waals surface area contributed by atoms with E-state index in [1.165, 1.54) is 28.8 Å². The molecule has 1 saturated carbocycles. The van der Waals surface area contributed by atoms with E-state index in [9.17, 15) is 18.0 Å². The number of anilines is 2. The number of halogens is 2. The number of pyridine rings is 1. The van der Waals surface area contributed by atoms with Gasteiger partial charge in [-0.2, -0.15) is 0 Å². The van der Waals surface area contributed by atoms with Crippen molar-refractivity contribution in [2.45, 2.75) is 23.1 Å². The summed E-state index contributed by atoms with van der Waals surface area (Å²) in [7, 11) is -4.06. The number of thiophene rings is 1. The van der Waals surface area contributed by atoms with Gasteiger partial charge in [-0.1, -0.05) is 23.2 Å². The normalized spacial score (nSPS) is 13.5. The standard InChI is InChI=1S/C23H18Cl2N4O4S2/c24-18-12-16(27-23(31)28-35(32,33)21-8-7-20(25)34-21)4-6-19(18)29-10-9-13-11-15(26-14-1-2-14)3-5-17(13)22(29)30/h3-12,14,26H,1-2H2,(H2,27,28,31). The number of sulfonamides is 1. The molecule has 4 aromatic rings. The molecule has 180 valence electrons. The van der Waals surface area contributed by atoms with E-state index in [0.29, 0.717) is 17.1 Å². The zero-order valence-electron chi connectivity index (χ0n) is 17.9. The quantitative estimate of drug-likeness (QED) is 0.297. The molecule has 2 aromatic carbocycles. The van der Waals surface area contributed by atoms with Crippen molar-refractivity contribution >= 4 is 72.7 Å². The molecule has 5 rings (SSSR count). The minimum absolute atomic E-state index is 0.0860. The number of nitrogens with zero attached hydrogens (tertiary/aromatic N) is 1. The van der Waals surface area contributed by atoms with Crippen molar-refractivity contribution < 1.29 is 13.2 Å². The Morgan fingerprint density at radius 2 is 1.77 bits per heavy atom. The monoisotopic (exact) mass is 548 g/mol. The average Bonchev–Trinajstić information content (AvgIpc) is 3.49. The first-order valence-corrected chi connectivity index (χ1v) is 13.6. The fraction of sp³-hybridized carbons (Fsp3) is 0.130. The molecule has 2 aromatic heterocycles. The molecule has 1 aliphatic carbocycles. The first-order chi connectivity index (χ1) is 16.7. The molecule has 0 unspecified atom stereocenters. The predicted octanol–water partition coefficient (Wildman–Crippen LogP) is 5.44. The lowest BCUT2D eigenvalue weighted by atomic mass is 10.1. The summed E-state index contributed by atoms with van der Waals surface area (Å²) in [5, 5.41) is 7.41. The molecular weight excluding hydrogens is 531 g/mol. The van der Waals surface area contributed by atoms with Crippen molar-refractivity contribution in [3.8, 4) is 5.69 Å². The third-order valence-electron chi connectivity index (χ3n) is 5.36. The lowest BCUT2D eigenvalue weighted by Gasteiger charge is -2.13. The topological polar surface area (TPSA) is 109 Å². The van der Waals surface area contributed by atoms with Crippen molar-refractivity contribution in [2.75, 3.05) is 10.6 Å². The van der Waals surface area contributed by atoms with Gasteiger partial charge in [0.1, 0.15) is 4.21 Å². The first-order valence-electron chi connectivity index (χ1n) is 10.5. The molecule has 0 atom stereocenters. The summed E-state index contributed by atoms with van der Waals surface area (Å²) < 4.78 is 28.1. The van der Waals surface area contributed by atoms with E-state index in [1.54, 1.807) is 18.3 Å². The number of nitrogens with one attached hydrogen (secondary N) is 3. The van der Waals surface area contributed by atoms with Crippen LogP contribution in [0.5, 0.6) is 0 Å². The molecule has 12 heteroatoms. The highest BCUT2D eigenvalue weighted by Gasteiger charge is 2.21. The van der Waals surface area contributed by atoms with Crippen LogP contribution in [0.25, 0.3) is 16.5 Å². The second kappa shape index (κ2) is 9.19. The smallest absolute Gasteiger partial charge is 0.333 e. The summed E-state index contributed by atoms with van der Waals surface area (Å²) in [6.45, 7) is 0. The Hall–Kier alpha value is -3.05. The molecule has 2 heterocycles. The minimum Gasteiger partial charge on any atom is -0.382 e. The average molecular weight is 549 g/mol. The maximum Gasteiger partial charge on any atom is 0.333 e. The number of hydrogen-bond donors (Lipinski definition) is 3. The predicted molar refractivity (Wildman–Crippen MR) is 140 cm³/mol. The van der Waals surface area contributed by atoms with Gasteiger partial charge in [0, 0.05) is 29.0 Å². The molecule has 0 saturated heterocycles. The van der Waals surface area contributed by atoms with E-state index in [-0.39, 0.29) is 24.8 Å². The Kier molecular flexibility index (Phi) is 6.22. The summed E-state index contributed by atoms with van der Waals surface area (Å²) in [5.41, 5.74) is 1.42. The van der Waals surface area contributed by atoms with Crippen LogP contribution in [0.2, 0.25) is 9.36 Å². The summed E-state index contributed by atoms with van der Waals surface area (Å²) in [4.78, 5) is 25.4. The molecule has 8 nitrogen and oxygen atoms in total. The Morgan fingerprint density at radius 1 is 1.00 bits per heavy atom. The Bertz CT molecular complexity index is 1630. The second-order valence-corrected chi connectivity index (χ2v) is 12.0. The molecule has 0 aliphatic heterocycles. The second-order valence-electron chi connectivity index (χ2n) is 8.00. The van der Waals surface area contributed by atoms with Crippen LogP contribution >= 0.6 is 34.5 Å². The maximum absolute atomic E-state index is 13.1. The number of urea groups is 1. The zero-order chi connectivity index (χ0) is 24.7. The number of aromatic nitrogens is 1. The van der Waals surface area contributed by atoms with Gasteiger partial charge in [0.25, 0.3) is 15.6 Å². The van der Waals surface area contributed by atoms with Crippen molar-refractivity contribution in [1.29, 1.82) is 0 Å². The molecule has 2 amide bonds. The van der Waals surface area contributed by atoms with Gasteiger partial charge in [-0.15, -0.1) is 11.3 Å². The maximum atomic E-state index is 13.1. The third-order valence-corrected chi connectivity index (χ3v) is 8.71. The van der Waals surface area contributed by atoms with Gasteiger partial charge in [-0.3, -0.25) is 9.36 Å². The van der Waals surface area contributed by atoms with Crippen molar-refractivity contribution in [1.82, 2.24) is 9.29 Å². The van der Waals surface area contributed by atoms with Gasteiger partial charge in [-0.25, -0.2) is 17.9 Å². The lowest BCUT2D eigenvalue weighted by Crippen LogP contribution is -2.33. The van der Waals surface area contributed by atoms with Gasteiger partial charge in [0.2, 0.25) is 0 Å². The van der Waals surface area contributed by atoms with Gasteiger partial charge >= 0.3 is 6.03 Å². The number of carbonyl (C=O) groups is 1. The first kappa shape index (κ1) is 23.7. The van der Waals surface area contributed by atoms with E-state index >= 15 is 0 Å². The SMILES string of the molecule is O=C(Nc1ccc(-n2ccc3cc(NC4CC4)ccc3c2=O)c(Cl)c1)NS(=O)(=O)c1ccc(Cl)s1. The van der Waals surface area contributed by atoms with Crippen LogP contribution in [0.3, 0.4) is 0 Å². The van der Waals surface area contributed by atoms with E-state index in [0.717, 1.165) is 35.3 Å². The number of fused-ring (bicyclic) bond motifs is 1. The number of amides is 2. The molecule has 0 spiro atoms. The largest absolute Gasteiger partial charge is 0.382 e. The van der Waals surface area contributed by atoms with Gasteiger partial charge in [-0.05, 0) is 72.8 Å². The van der Waals surface area contributed by atoms with E-state index < -0.39 is 16.1 Å². The Balaban J connectivity index is 1.35. The van der Waals surface area contributed by atoms with Gasteiger partial charge in [0.05, 0.1) is 15.0 Å². The molecular formula is C23H18Cl2N4O4S2. The molecule has 35 heavy (non-hydrogen) atoms. The Labute approximate surface area is 214 Å². The zero-order valence-corrected chi connectivity index (χ0v) is 21.1. The van der Waals surface area contributed by atoms with E-state index in [1.807, 2.05) is 22.9 Å². The van der Waals surface area contributed by atoms with Crippen LogP contribution < -0.4 is 20.9 Å². The fourth-order valence-corrected chi connectivity index (χ4v) is 6.20. The number of hydrogen-bond acceptors (Lipinski definition) is 6. The number of carbonyl (C=O) groups excluding carboxylic acids is 1. The number of rotatable bonds is 6. The van der Waals surface area contributed by atoms with Crippen LogP contribution in [-0.4, -0.2) is 25.1 Å². The summed E-state index contributed by atoms with van der Waals surface area (Å²) in [6.07, 6.45) is 3.96. The van der Waals surface area contributed by atoms with Gasteiger partial charge < -0.3 is 10.6 Å². The number of benzene rings is 2. The van der Waals surface area contributed by atoms with Crippen LogP contribution in [0.1, 0.15) is 12.8 Å². The highest BCUT2D eigenvalue weighted by Crippen LogP contribution is 2.28. The molecule has 0 radical (unpaired) electrons. The Morgan fingerprint density at radius 3 is 2.46 bits per heavy atom. The van der Waals surface area contributed by atoms with Crippen LogP contribution in [0.4, 0.5) is 16.2 Å². The van der Waals surface area contributed by atoms with Crippen LogP contribution in [-0.2, 0) is 10.0 Å². The fourth-order valence-electron chi connectivity index (χ4n) is 3.54. The summed E-state index contributed by atoms with van der Waals surface area (Å²) >= 11 is 13.0. The highest BCUT2D eigenvalue weighted by molar-refractivity contribution is 7.92. The molecule has 1 aliphatic rings. The third kappa shape index (κ3) is 5.15. The molecule has 3 N–H and O–H groups in total. The van der Waals surface area contributed by atoms with E-state index in [2.05, 4.69) is 10.6 Å². The molecule has 1 fully saturated rings. The molecule has 0 bridgehead atoms. The highest BCUT2D eigenvalue weighted by atomic mass is 35.5. The minimum atomic E-state index is -4.06. The van der Waals surface area contributed by atoms with Crippen molar-refractivity contribution in [3.05, 3.63) is 80.5 Å². The van der Waals surface area contributed by atoms with Crippen LogP contribution in [0, 0.1) is 0 Å². The lowest BCUT2D eigenvalue weighted by molar-refractivity contribution is 0.256.